The number of nitrogens with one attached hydrogen (secondary N) is 1. The van der Waals surface area contributed by atoms with Gasteiger partial charge in [-0.15, -0.1) is 0 Å². The molecule has 0 saturated carbocycles. The van der Waals surface area contributed by atoms with Gasteiger partial charge in [0.25, 0.3) is 5.91 Å². The van der Waals surface area contributed by atoms with Gasteiger partial charge in [0.05, 0.1) is 19.9 Å². The van der Waals surface area contributed by atoms with Crippen LogP contribution in [0.5, 0.6) is 17.2 Å². The van der Waals surface area contributed by atoms with Gasteiger partial charge in [-0.25, -0.2) is 0 Å². The molecule has 0 spiro atoms. The fourth-order valence-electron chi connectivity index (χ4n) is 3.61. The molecule has 0 atom stereocenters. The minimum absolute atomic E-state index is 0.0308. The van der Waals surface area contributed by atoms with Crippen molar-refractivity contribution in [3.05, 3.63) is 53.6 Å². The van der Waals surface area contributed by atoms with E-state index < -0.39 is 5.91 Å². The highest BCUT2D eigenvalue weighted by atomic mass is 16.5. The standard InChI is InChI=1S/C25H29N3O4/c1-30-22-9-5-4-8-21(22)27-25(29)20(18-26)16-19-10-11-23(24(17-19)31-2)32-15-14-28-12-6-3-7-13-28/h4-5,8-11,16-17H,3,6-7,12-15H2,1-2H3,(H,27,29)/b20-16+. The molecule has 168 valence electrons. The molecule has 0 radical (unpaired) electrons. The summed E-state index contributed by atoms with van der Waals surface area (Å²) >= 11 is 0. The van der Waals surface area contributed by atoms with Crippen molar-refractivity contribution in [2.75, 3.05) is 45.8 Å². The lowest BCUT2D eigenvalue weighted by Crippen LogP contribution is -2.33. The fourth-order valence-corrected chi connectivity index (χ4v) is 3.61. The maximum absolute atomic E-state index is 12.6. The summed E-state index contributed by atoms with van der Waals surface area (Å²) in [6.45, 7) is 3.71. The molecule has 2 aromatic carbocycles. The van der Waals surface area contributed by atoms with Crippen LogP contribution < -0.4 is 19.5 Å². The molecule has 7 heteroatoms. The summed E-state index contributed by atoms with van der Waals surface area (Å²) in [4.78, 5) is 15.0. The first-order valence-electron chi connectivity index (χ1n) is 10.7. The van der Waals surface area contributed by atoms with E-state index in [9.17, 15) is 10.1 Å². The van der Waals surface area contributed by atoms with E-state index in [1.165, 1.54) is 32.4 Å². The topological polar surface area (TPSA) is 83.8 Å². The van der Waals surface area contributed by atoms with E-state index in [0.717, 1.165) is 19.6 Å². The van der Waals surface area contributed by atoms with Crippen LogP contribution in [0.3, 0.4) is 0 Å². The molecule has 3 rings (SSSR count). The van der Waals surface area contributed by atoms with Crippen molar-refractivity contribution in [3.8, 4) is 23.3 Å². The number of ether oxygens (including phenoxy) is 3. The number of hydrogen-bond acceptors (Lipinski definition) is 6. The first kappa shape index (κ1) is 23.2. The number of nitriles is 1. The van der Waals surface area contributed by atoms with Gasteiger partial charge in [0.2, 0.25) is 0 Å². The second-order valence-corrected chi connectivity index (χ2v) is 7.49. The minimum Gasteiger partial charge on any atom is -0.495 e. The second-order valence-electron chi connectivity index (χ2n) is 7.49. The lowest BCUT2D eigenvalue weighted by Gasteiger charge is -2.26. The third-order valence-electron chi connectivity index (χ3n) is 5.33. The molecule has 1 amide bonds. The average molecular weight is 436 g/mol. The molecule has 0 aromatic heterocycles. The highest BCUT2D eigenvalue weighted by Gasteiger charge is 2.14. The molecule has 7 nitrogen and oxygen atoms in total. The van der Waals surface area contributed by atoms with Crippen LogP contribution in [-0.4, -0.2) is 51.3 Å². The second kappa shape index (κ2) is 11.8. The van der Waals surface area contributed by atoms with Crippen molar-refractivity contribution in [2.45, 2.75) is 19.3 Å². The number of likely N-dealkylation sites (tertiary alicyclic amines) is 1. The highest BCUT2D eigenvalue weighted by molar-refractivity contribution is 6.10. The van der Waals surface area contributed by atoms with Gasteiger partial charge in [-0.2, -0.15) is 5.26 Å². The molecule has 32 heavy (non-hydrogen) atoms. The molecule has 1 heterocycles. The van der Waals surface area contributed by atoms with Crippen LogP contribution in [0.15, 0.2) is 48.0 Å². The first-order chi connectivity index (χ1) is 15.6. The molecule has 1 aliphatic rings. The fraction of sp³-hybridized carbons (Fsp3) is 0.360. The Morgan fingerprint density at radius 3 is 2.53 bits per heavy atom. The molecular formula is C25H29N3O4. The van der Waals surface area contributed by atoms with E-state index in [-0.39, 0.29) is 5.57 Å². The van der Waals surface area contributed by atoms with E-state index >= 15 is 0 Å². The summed E-state index contributed by atoms with van der Waals surface area (Å²) in [5.74, 6) is 1.20. The van der Waals surface area contributed by atoms with Gasteiger partial charge in [-0.1, -0.05) is 24.6 Å². The van der Waals surface area contributed by atoms with Crippen molar-refractivity contribution >= 4 is 17.7 Å². The van der Waals surface area contributed by atoms with Crippen molar-refractivity contribution < 1.29 is 19.0 Å². The number of nitrogens with zero attached hydrogens (tertiary/aromatic N) is 2. The molecule has 0 bridgehead atoms. The predicted octanol–water partition coefficient (Wildman–Crippen LogP) is 4.11. The summed E-state index contributed by atoms with van der Waals surface area (Å²) < 4.78 is 16.6. The van der Waals surface area contributed by atoms with Crippen molar-refractivity contribution in [1.29, 1.82) is 5.26 Å². The van der Waals surface area contributed by atoms with Gasteiger partial charge >= 0.3 is 0 Å². The van der Waals surface area contributed by atoms with Gasteiger partial charge in [0.1, 0.15) is 24.0 Å². The molecule has 0 unspecified atom stereocenters. The van der Waals surface area contributed by atoms with Gasteiger partial charge < -0.3 is 19.5 Å². The van der Waals surface area contributed by atoms with E-state index in [2.05, 4.69) is 10.2 Å². The molecule has 1 fully saturated rings. The number of anilines is 1. The zero-order valence-corrected chi connectivity index (χ0v) is 18.6. The van der Waals surface area contributed by atoms with Gasteiger partial charge in [-0.3, -0.25) is 9.69 Å². The largest absolute Gasteiger partial charge is 0.495 e. The van der Waals surface area contributed by atoms with E-state index in [0.29, 0.717) is 35.1 Å². The third kappa shape index (κ3) is 6.25. The number of rotatable bonds is 9. The Hall–Kier alpha value is -3.50. The number of hydrogen-bond donors (Lipinski definition) is 1. The Kier molecular flexibility index (Phi) is 8.52. The molecule has 1 aliphatic heterocycles. The van der Waals surface area contributed by atoms with Crippen molar-refractivity contribution in [2.24, 2.45) is 0 Å². The van der Waals surface area contributed by atoms with Crippen LogP contribution in [0.1, 0.15) is 24.8 Å². The zero-order valence-electron chi connectivity index (χ0n) is 18.6. The Balaban J connectivity index is 1.67. The first-order valence-corrected chi connectivity index (χ1v) is 10.7. The number of carbonyl (C=O) groups excluding carboxylic acids is 1. The van der Waals surface area contributed by atoms with E-state index in [4.69, 9.17) is 14.2 Å². The lowest BCUT2D eigenvalue weighted by molar-refractivity contribution is -0.112. The smallest absolute Gasteiger partial charge is 0.266 e. The SMILES string of the molecule is COc1ccccc1NC(=O)/C(C#N)=C/c1ccc(OCCN2CCCCC2)c(OC)c1. The Bertz CT molecular complexity index is 991. The quantitative estimate of drug-likeness (QED) is 0.471. The van der Waals surface area contributed by atoms with Crippen LogP contribution in [0.25, 0.3) is 6.08 Å². The average Bonchev–Trinajstić information content (AvgIpc) is 2.84. The molecule has 1 saturated heterocycles. The number of amides is 1. The molecule has 0 aliphatic carbocycles. The predicted molar refractivity (Wildman–Crippen MR) is 124 cm³/mol. The molecule has 1 N–H and O–H groups in total. The van der Waals surface area contributed by atoms with Crippen molar-refractivity contribution in [3.63, 3.8) is 0 Å². The summed E-state index contributed by atoms with van der Waals surface area (Å²) in [5.41, 5.74) is 1.13. The third-order valence-corrected chi connectivity index (χ3v) is 5.33. The summed E-state index contributed by atoms with van der Waals surface area (Å²) in [6, 6.07) is 14.3. The Labute approximate surface area is 189 Å². The monoisotopic (exact) mass is 435 g/mol. The number of para-hydroxylation sites is 2. The van der Waals surface area contributed by atoms with Crippen LogP contribution in [0.4, 0.5) is 5.69 Å². The molecule has 2 aromatic rings. The summed E-state index contributed by atoms with van der Waals surface area (Å²) in [7, 11) is 3.09. The number of methoxy groups -OCH3 is 2. The zero-order chi connectivity index (χ0) is 22.8. The van der Waals surface area contributed by atoms with Gasteiger partial charge in [-0.05, 0) is 61.8 Å². The van der Waals surface area contributed by atoms with Crippen LogP contribution in [0, 0.1) is 11.3 Å². The normalized spacial score (nSPS) is 14.3. The van der Waals surface area contributed by atoms with Crippen LogP contribution >= 0.6 is 0 Å². The summed E-state index contributed by atoms with van der Waals surface area (Å²) in [5, 5.41) is 12.2. The van der Waals surface area contributed by atoms with Gasteiger partial charge in [0, 0.05) is 6.54 Å². The number of benzene rings is 2. The van der Waals surface area contributed by atoms with Crippen LogP contribution in [-0.2, 0) is 4.79 Å². The summed E-state index contributed by atoms with van der Waals surface area (Å²) in [6.07, 6.45) is 5.32. The van der Waals surface area contributed by atoms with E-state index in [1.54, 1.807) is 49.6 Å². The highest BCUT2D eigenvalue weighted by Crippen LogP contribution is 2.29. The van der Waals surface area contributed by atoms with Crippen molar-refractivity contribution in [1.82, 2.24) is 4.90 Å². The number of carbonyl (C=O) groups is 1. The Morgan fingerprint density at radius 2 is 1.81 bits per heavy atom. The van der Waals surface area contributed by atoms with Gasteiger partial charge in [0.15, 0.2) is 11.5 Å². The maximum Gasteiger partial charge on any atom is 0.266 e. The van der Waals surface area contributed by atoms with Crippen LogP contribution in [0.2, 0.25) is 0 Å². The maximum atomic E-state index is 12.6. The number of piperidine rings is 1. The van der Waals surface area contributed by atoms with E-state index in [1.807, 2.05) is 6.07 Å². The minimum atomic E-state index is -0.516. The Morgan fingerprint density at radius 1 is 1.06 bits per heavy atom. The lowest BCUT2D eigenvalue weighted by atomic mass is 10.1. The molecular weight excluding hydrogens is 406 g/mol.